The lowest BCUT2D eigenvalue weighted by atomic mass is 10.2. The first-order valence-corrected chi connectivity index (χ1v) is 14.8. The fraction of sp³-hybridized carbons (Fsp3) is 0.417. The Morgan fingerprint density at radius 1 is 1.06 bits per heavy atom. The Hall–Kier alpha value is -1.98. The zero-order chi connectivity index (χ0) is 24.3. The molecule has 0 unspecified atom stereocenters. The number of aromatic nitrogens is 1. The van der Waals surface area contributed by atoms with Crippen LogP contribution in [0.5, 0.6) is 0 Å². The lowest BCUT2D eigenvalue weighted by Gasteiger charge is -2.26. The molecule has 0 radical (unpaired) electrons. The molecule has 0 bridgehead atoms. The van der Waals surface area contributed by atoms with E-state index in [-0.39, 0.29) is 10.8 Å². The summed E-state index contributed by atoms with van der Waals surface area (Å²) in [5, 5.41) is 0.644. The molecule has 1 aromatic heterocycles. The zero-order valence-electron chi connectivity index (χ0n) is 19.7. The van der Waals surface area contributed by atoms with Crippen molar-refractivity contribution >= 4 is 54.4 Å². The predicted molar refractivity (Wildman–Crippen MR) is 141 cm³/mol. The molecular formula is C24H30N4O3S3. The van der Waals surface area contributed by atoms with E-state index in [4.69, 9.17) is 4.98 Å². The van der Waals surface area contributed by atoms with Crippen molar-refractivity contribution in [3.8, 4) is 0 Å². The molecule has 10 heteroatoms. The Kier molecular flexibility index (Phi) is 7.94. The van der Waals surface area contributed by atoms with Crippen molar-refractivity contribution in [1.82, 2.24) is 14.2 Å². The normalized spacial score (nSPS) is 15.2. The number of nitrogens with zero attached hydrogens (tertiary/aromatic N) is 4. The summed E-state index contributed by atoms with van der Waals surface area (Å²) >= 11 is 3.17. The molecule has 7 nitrogen and oxygen atoms in total. The molecule has 1 aliphatic rings. The number of rotatable bonds is 8. The van der Waals surface area contributed by atoms with Gasteiger partial charge in [0.25, 0.3) is 5.91 Å². The first-order valence-electron chi connectivity index (χ1n) is 11.3. The molecule has 1 aliphatic heterocycles. The number of thioether (sulfide) groups is 1. The third-order valence-electron chi connectivity index (χ3n) is 5.89. The minimum atomic E-state index is -3.53. The van der Waals surface area contributed by atoms with Crippen molar-refractivity contribution in [2.45, 2.75) is 29.1 Å². The van der Waals surface area contributed by atoms with Gasteiger partial charge in [-0.2, -0.15) is 4.31 Å². The van der Waals surface area contributed by atoms with E-state index in [0.717, 1.165) is 34.4 Å². The van der Waals surface area contributed by atoms with Crippen LogP contribution < -0.4 is 4.90 Å². The van der Waals surface area contributed by atoms with Gasteiger partial charge in [-0.3, -0.25) is 9.69 Å². The summed E-state index contributed by atoms with van der Waals surface area (Å²) in [7, 11) is 0.396. The molecule has 182 valence electrons. The van der Waals surface area contributed by atoms with E-state index in [1.165, 1.54) is 11.3 Å². The van der Waals surface area contributed by atoms with Crippen LogP contribution >= 0.6 is 23.1 Å². The molecule has 2 heterocycles. The molecule has 4 rings (SSSR count). The average Bonchev–Trinajstić information content (AvgIpc) is 3.27. The van der Waals surface area contributed by atoms with Crippen molar-refractivity contribution < 1.29 is 13.2 Å². The molecule has 1 amide bonds. The third-order valence-corrected chi connectivity index (χ3v) is 9.56. The molecule has 3 aromatic rings. The molecule has 0 saturated carbocycles. The Bertz CT molecular complexity index is 1250. The van der Waals surface area contributed by atoms with Crippen molar-refractivity contribution in [2.24, 2.45) is 0 Å². The Labute approximate surface area is 209 Å². The summed E-state index contributed by atoms with van der Waals surface area (Å²) in [6.45, 7) is 2.27. The van der Waals surface area contributed by atoms with Crippen LogP contribution in [0.1, 0.15) is 29.6 Å². The van der Waals surface area contributed by atoms with Crippen LogP contribution in [0.3, 0.4) is 0 Å². The van der Waals surface area contributed by atoms with Crippen molar-refractivity contribution in [2.75, 3.05) is 51.4 Å². The smallest absolute Gasteiger partial charge is 0.260 e. The number of amides is 1. The molecule has 0 N–H and O–H groups in total. The van der Waals surface area contributed by atoms with E-state index in [0.29, 0.717) is 36.9 Å². The van der Waals surface area contributed by atoms with E-state index in [9.17, 15) is 13.2 Å². The zero-order valence-corrected chi connectivity index (χ0v) is 22.2. The van der Waals surface area contributed by atoms with Gasteiger partial charge in [0.1, 0.15) is 0 Å². The molecule has 2 aromatic carbocycles. The van der Waals surface area contributed by atoms with Gasteiger partial charge in [-0.15, -0.1) is 11.8 Å². The third kappa shape index (κ3) is 5.46. The van der Waals surface area contributed by atoms with Gasteiger partial charge in [0.15, 0.2) is 5.13 Å². The van der Waals surface area contributed by atoms with Crippen LogP contribution in [0.25, 0.3) is 10.2 Å². The van der Waals surface area contributed by atoms with Gasteiger partial charge >= 0.3 is 0 Å². The summed E-state index contributed by atoms with van der Waals surface area (Å²) in [6.07, 6.45) is 4.87. The molecule has 34 heavy (non-hydrogen) atoms. The monoisotopic (exact) mass is 518 g/mol. The van der Waals surface area contributed by atoms with Crippen LogP contribution in [0.2, 0.25) is 0 Å². The number of hydrogen-bond acceptors (Lipinski definition) is 7. The highest BCUT2D eigenvalue weighted by molar-refractivity contribution is 7.98. The largest absolute Gasteiger partial charge is 0.308 e. The number of fused-ring (bicyclic) bond motifs is 1. The second-order valence-corrected chi connectivity index (χ2v) is 12.4. The summed E-state index contributed by atoms with van der Waals surface area (Å²) in [5.41, 5.74) is 1.31. The van der Waals surface area contributed by atoms with Crippen molar-refractivity contribution in [1.29, 1.82) is 0 Å². The quantitative estimate of drug-likeness (QED) is 0.412. The van der Waals surface area contributed by atoms with Crippen molar-refractivity contribution in [3.63, 3.8) is 0 Å². The molecule has 1 saturated heterocycles. The Morgan fingerprint density at radius 3 is 2.41 bits per heavy atom. The van der Waals surface area contributed by atoms with Crippen LogP contribution in [0, 0.1) is 0 Å². The lowest BCUT2D eigenvalue weighted by molar-refractivity contribution is 0.0985. The average molecular weight is 519 g/mol. The molecular weight excluding hydrogens is 488 g/mol. The highest BCUT2D eigenvalue weighted by Gasteiger charge is 2.27. The van der Waals surface area contributed by atoms with Gasteiger partial charge in [0, 0.05) is 36.6 Å². The maximum absolute atomic E-state index is 13.5. The molecule has 1 fully saturated rings. The predicted octanol–water partition coefficient (Wildman–Crippen LogP) is 4.40. The first kappa shape index (κ1) is 25.1. The first-order chi connectivity index (χ1) is 16.3. The number of hydrogen-bond donors (Lipinski definition) is 0. The van der Waals surface area contributed by atoms with E-state index < -0.39 is 10.0 Å². The number of piperidine rings is 1. The number of thiazole rings is 1. The number of likely N-dealkylation sites (N-methyl/N-ethyl adjacent to an activating group) is 1. The number of carbonyl (C=O) groups excluding carboxylic acids is 1. The maximum atomic E-state index is 13.5. The van der Waals surface area contributed by atoms with Gasteiger partial charge in [0.2, 0.25) is 10.0 Å². The van der Waals surface area contributed by atoms with E-state index in [1.54, 1.807) is 45.2 Å². The summed E-state index contributed by atoms with van der Waals surface area (Å²) in [4.78, 5) is 23.4. The SMILES string of the molecule is CSc1ccc2nc(N(CCN(C)C)C(=O)c3ccc(S(=O)(=O)N4CCCCC4)cc3)sc2c1. The Balaban J connectivity index is 1.61. The second kappa shape index (κ2) is 10.7. The standard InChI is InChI=1S/C24H30N4O3S3/c1-26(2)15-16-28(24-25-21-12-9-19(32-3)17-22(21)33-24)23(29)18-7-10-20(11-8-18)34(30,31)27-13-5-4-6-14-27/h7-12,17H,4-6,13-16H2,1-3H3. The van der Waals surface area contributed by atoms with Crippen LogP contribution in [-0.4, -0.2) is 75.0 Å². The molecule has 0 atom stereocenters. The van der Waals surface area contributed by atoms with Gasteiger partial charge in [-0.25, -0.2) is 13.4 Å². The number of sulfonamides is 1. The summed E-state index contributed by atoms with van der Waals surface area (Å²) < 4.78 is 28.5. The van der Waals surface area contributed by atoms with Gasteiger partial charge in [-0.05, 0) is 75.7 Å². The fourth-order valence-electron chi connectivity index (χ4n) is 3.90. The minimum Gasteiger partial charge on any atom is -0.308 e. The van der Waals surface area contributed by atoms with Crippen LogP contribution in [0.4, 0.5) is 5.13 Å². The number of anilines is 1. The second-order valence-electron chi connectivity index (χ2n) is 8.58. The summed E-state index contributed by atoms with van der Waals surface area (Å²) in [5.74, 6) is -0.187. The number of benzene rings is 2. The minimum absolute atomic E-state index is 0.187. The lowest BCUT2D eigenvalue weighted by Crippen LogP contribution is -2.37. The maximum Gasteiger partial charge on any atom is 0.260 e. The highest BCUT2D eigenvalue weighted by atomic mass is 32.2. The summed E-state index contributed by atoms with van der Waals surface area (Å²) in [6, 6.07) is 12.4. The van der Waals surface area contributed by atoms with Crippen LogP contribution in [0.15, 0.2) is 52.3 Å². The highest BCUT2D eigenvalue weighted by Crippen LogP contribution is 2.32. The fourth-order valence-corrected chi connectivity index (χ4v) is 6.96. The molecule has 0 aliphatic carbocycles. The van der Waals surface area contributed by atoms with Gasteiger partial charge in [0.05, 0.1) is 15.1 Å². The van der Waals surface area contributed by atoms with E-state index in [2.05, 4.69) is 6.07 Å². The molecule has 0 spiro atoms. The van der Waals surface area contributed by atoms with E-state index >= 15 is 0 Å². The van der Waals surface area contributed by atoms with Crippen molar-refractivity contribution in [3.05, 3.63) is 48.0 Å². The van der Waals surface area contributed by atoms with E-state index in [1.807, 2.05) is 37.4 Å². The van der Waals surface area contributed by atoms with Gasteiger partial charge < -0.3 is 4.90 Å². The van der Waals surface area contributed by atoms with Crippen LogP contribution in [-0.2, 0) is 10.0 Å². The topological polar surface area (TPSA) is 73.8 Å². The van der Waals surface area contributed by atoms with Gasteiger partial charge in [-0.1, -0.05) is 17.8 Å². The Morgan fingerprint density at radius 2 is 1.76 bits per heavy atom. The number of carbonyl (C=O) groups is 1.